The van der Waals surface area contributed by atoms with E-state index >= 15 is 0 Å². The summed E-state index contributed by atoms with van der Waals surface area (Å²) in [7, 11) is -3.72. The highest BCUT2D eigenvalue weighted by molar-refractivity contribution is 7.89. The van der Waals surface area contributed by atoms with Crippen molar-refractivity contribution >= 4 is 21.4 Å². The quantitative estimate of drug-likeness (QED) is 0.590. The van der Waals surface area contributed by atoms with Crippen molar-refractivity contribution in [1.82, 2.24) is 10.2 Å². The Kier molecular flexibility index (Phi) is 3.21. The van der Waals surface area contributed by atoms with Gasteiger partial charge in [0.15, 0.2) is 0 Å². The fraction of sp³-hybridized carbons (Fsp3) is 0.100. The highest BCUT2D eigenvalue weighted by atomic mass is 32.2. The molecule has 0 unspecified atom stereocenters. The van der Waals surface area contributed by atoms with Gasteiger partial charge in [0.05, 0.1) is 22.5 Å². The number of benzene rings is 1. The number of anilines is 2. The molecule has 0 saturated carbocycles. The monoisotopic (exact) mass is 267 g/mol. The third-order valence-corrected chi connectivity index (χ3v) is 3.30. The molecular weight excluding hydrogens is 254 g/mol. The van der Waals surface area contributed by atoms with E-state index in [0.29, 0.717) is 17.9 Å². The van der Waals surface area contributed by atoms with Crippen LogP contribution in [0.25, 0.3) is 0 Å². The topological polar surface area (TPSA) is 127 Å². The van der Waals surface area contributed by atoms with Crippen molar-refractivity contribution in [3.63, 3.8) is 0 Å². The summed E-state index contributed by atoms with van der Waals surface area (Å²) in [5.41, 5.74) is 7.68. The van der Waals surface area contributed by atoms with Gasteiger partial charge in [-0.3, -0.25) is 5.10 Å². The molecule has 8 heteroatoms. The van der Waals surface area contributed by atoms with E-state index in [1.54, 1.807) is 18.5 Å². The zero-order valence-corrected chi connectivity index (χ0v) is 10.2. The molecule has 0 aliphatic heterocycles. The van der Waals surface area contributed by atoms with E-state index < -0.39 is 10.0 Å². The Morgan fingerprint density at radius 3 is 2.72 bits per heavy atom. The minimum atomic E-state index is -3.72. The van der Waals surface area contributed by atoms with Gasteiger partial charge in [-0.05, 0) is 18.2 Å². The predicted octanol–water partition coefficient (Wildman–Crippen LogP) is 0.251. The van der Waals surface area contributed by atoms with E-state index in [-0.39, 0.29) is 4.90 Å². The van der Waals surface area contributed by atoms with Gasteiger partial charge in [-0.2, -0.15) is 5.10 Å². The van der Waals surface area contributed by atoms with Crippen LogP contribution >= 0.6 is 0 Å². The molecule has 0 saturated heterocycles. The van der Waals surface area contributed by atoms with Gasteiger partial charge in [0.1, 0.15) is 0 Å². The average molecular weight is 267 g/mol. The molecule has 0 amide bonds. The Hall–Kier alpha value is -2.06. The lowest BCUT2D eigenvalue weighted by atomic mass is 10.2. The van der Waals surface area contributed by atoms with Crippen LogP contribution in [-0.4, -0.2) is 18.6 Å². The lowest BCUT2D eigenvalue weighted by molar-refractivity contribution is 0.598. The molecule has 0 bridgehead atoms. The number of nitrogens with two attached hydrogens (primary N) is 2. The SMILES string of the molecule is Nc1cc(S(N)(=O)=O)ccc1NCc1cn[nH]c1. The van der Waals surface area contributed by atoms with Crippen LogP contribution < -0.4 is 16.2 Å². The summed E-state index contributed by atoms with van der Waals surface area (Å²) in [4.78, 5) is -0.00568. The molecule has 0 aliphatic rings. The van der Waals surface area contributed by atoms with Crippen molar-refractivity contribution in [2.45, 2.75) is 11.4 Å². The van der Waals surface area contributed by atoms with E-state index in [1.165, 1.54) is 12.1 Å². The maximum atomic E-state index is 11.1. The van der Waals surface area contributed by atoms with Crippen molar-refractivity contribution in [3.05, 3.63) is 36.2 Å². The second kappa shape index (κ2) is 4.67. The number of aromatic amines is 1. The van der Waals surface area contributed by atoms with Crippen LogP contribution in [0, 0.1) is 0 Å². The van der Waals surface area contributed by atoms with E-state index in [2.05, 4.69) is 15.5 Å². The molecule has 1 heterocycles. The van der Waals surface area contributed by atoms with Crippen molar-refractivity contribution in [2.75, 3.05) is 11.1 Å². The molecule has 0 spiro atoms. The Bertz CT molecular complexity index is 636. The van der Waals surface area contributed by atoms with Gasteiger partial charge in [-0.15, -0.1) is 0 Å². The summed E-state index contributed by atoms with van der Waals surface area (Å²) in [6, 6.07) is 4.31. The number of nitrogens with zero attached hydrogens (tertiary/aromatic N) is 1. The first kappa shape index (κ1) is 12.4. The molecule has 7 nitrogen and oxygen atoms in total. The summed E-state index contributed by atoms with van der Waals surface area (Å²) in [6.07, 6.45) is 3.43. The van der Waals surface area contributed by atoms with E-state index in [9.17, 15) is 8.42 Å². The lowest BCUT2D eigenvalue weighted by Gasteiger charge is -2.09. The Morgan fingerprint density at radius 1 is 1.39 bits per heavy atom. The zero-order valence-electron chi connectivity index (χ0n) is 9.42. The number of rotatable bonds is 4. The molecular formula is C10H13N5O2S. The second-order valence-electron chi connectivity index (χ2n) is 3.75. The van der Waals surface area contributed by atoms with Gasteiger partial charge < -0.3 is 11.1 Å². The van der Waals surface area contributed by atoms with Gasteiger partial charge in [0, 0.05) is 18.3 Å². The van der Waals surface area contributed by atoms with E-state index in [4.69, 9.17) is 10.9 Å². The highest BCUT2D eigenvalue weighted by Gasteiger charge is 2.09. The van der Waals surface area contributed by atoms with Gasteiger partial charge >= 0.3 is 0 Å². The Morgan fingerprint density at radius 2 is 2.17 bits per heavy atom. The maximum Gasteiger partial charge on any atom is 0.238 e. The van der Waals surface area contributed by atoms with Gasteiger partial charge in [-0.1, -0.05) is 0 Å². The molecule has 0 fully saturated rings. The third kappa shape index (κ3) is 2.79. The molecule has 6 N–H and O–H groups in total. The fourth-order valence-electron chi connectivity index (χ4n) is 1.45. The summed E-state index contributed by atoms with van der Waals surface area (Å²) in [5.74, 6) is 0. The number of nitrogens with one attached hydrogen (secondary N) is 2. The average Bonchev–Trinajstić information content (AvgIpc) is 2.79. The molecule has 1 aromatic carbocycles. The number of hydrogen-bond acceptors (Lipinski definition) is 5. The maximum absolute atomic E-state index is 11.1. The minimum Gasteiger partial charge on any atom is -0.397 e. The van der Waals surface area contributed by atoms with Crippen LogP contribution in [0.2, 0.25) is 0 Å². The summed E-state index contributed by atoms with van der Waals surface area (Å²) in [6.45, 7) is 0.537. The van der Waals surface area contributed by atoms with Gasteiger partial charge in [-0.25, -0.2) is 13.6 Å². The number of primary sulfonamides is 1. The summed E-state index contributed by atoms with van der Waals surface area (Å²) in [5, 5.41) is 14.6. The summed E-state index contributed by atoms with van der Waals surface area (Å²) < 4.78 is 22.3. The van der Waals surface area contributed by atoms with Crippen LogP contribution in [0.15, 0.2) is 35.5 Å². The first-order valence-corrected chi connectivity index (χ1v) is 6.65. The lowest BCUT2D eigenvalue weighted by Crippen LogP contribution is -2.13. The minimum absolute atomic E-state index is 0.00568. The fourth-order valence-corrected chi connectivity index (χ4v) is 2.00. The first-order chi connectivity index (χ1) is 8.47. The van der Waals surface area contributed by atoms with Crippen LogP contribution in [0.5, 0.6) is 0 Å². The number of nitrogen functional groups attached to an aromatic ring is 1. The van der Waals surface area contributed by atoms with Crippen LogP contribution in [-0.2, 0) is 16.6 Å². The zero-order chi connectivity index (χ0) is 13.2. The standard InChI is InChI=1S/C10H13N5O2S/c11-9-3-8(18(12,16)17)1-2-10(9)13-4-7-5-14-15-6-7/h1-3,5-6,13H,4,11H2,(H,14,15)(H2,12,16,17). The molecule has 1 aromatic heterocycles. The Balaban J connectivity index is 2.15. The molecule has 0 atom stereocenters. The molecule has 0 radical (unpaired) electrons. The number of sulfonamides is 1. The second-order valence-corrected chi connectivity index (χ2v) is 5.32. The van der Waals surface area contributed by atoms with Gasteiger partial charge in [0.25, 0.3) is 0 Å². The Labute approximate surface area is 104 Å². The van der Waals surface area contributed by atoms with Gasteiger partial charge in [0.2, 0.25) is 10.0 Å². The first-order valence-electron chi connectivity index (χ1n) is 5.10. The van der Waals surface area contributed by atoms with E-state index in [0.717, 1.165) is 5.56 Å². The predicted molar refractivity (Wildman–Crippen MR) is 68.1 cm³/mol. The molecule has 0 aliphatic carbocycles. The third-order valence-electron chi connectivity index (χ3n) is 2.39. The van der Waals surface area contributed by atoms with E-state index in [1.807, 2.05) is 0 Å². The summed E-state index contributed by atoms with van der Waals surface area (Å²) >= 11 is 0. The molecule has 2 aromatic rings. The highest BCUT2D eigenvalue weighted by Crippen LogP contribution is 2.22. The van der Waals surface area contributed by atoms with Crippen molar-refractivity contribution in [2.24, 2.45) is 5.14 Å². The molecule has 2 rings (SSSR count). The van der Waals surface area contributed by atoms with Crippen LogP contribution in [0.1, 0.15) is 5.56 Å². The number of H-pyrrole nitrogens is 1. The van der Waals surface area contributed by atoms with Crippen molar-refractivity contribution in [1.29, 1.82) is 0 Å². The normalized spacial score (nSPS) is 11.4. The molecule has 96 valence electrons. The van der Waals surface area contributed by atoms with Crippen molar-refractivity contribution < 1.29 is 8.42 Å². The van der Waals surface area contributed by atoms with Crippen molar-refractivity contribution in [3.8, 4) is 0 Å². The molecule has 18 heavy (non-hydrogen) atoms. The smallest absolute Gasteiger partial charge is 0.238 e. The van der Waals surface area contributed by atoms with Crippen LogP contribution in [0.4, 0.5) is 11.4 Å². The number of hydrogen-bond donors (Lipinski definition) is 4. The number of aromatic nitrogens is 2. The van der Waals surface area contributed by atoms with Crippen LogP contribution in [0.3, 0.4) is 0 Å². The largest absolute Gasteiger partial charge is 0.397 e.